The highest BCUT2D eigenvalue weighted by atomic mass is 35.5. The van der Waals surface area contributed by atoms with Gasteiger partial charge in [-0.3, -0.25) is 0 Å². The van der Waals surface area contributed by atoms with Crippen LogP contribution >= 0.6 is 11.6 Å². The fourth-order valence-corrected chi connectivity index (χ4v) is 2.79. The van der Waals surface area contributed by atoms with Gasteiger partial charge < -0.3 is 14.7 Å². The summed E-state index contributed by atoms with van der Waals surface area (Å²) in [5.41, 5.74) is -0.780. The number of halogens is 3. The van der Waals surface area contributed by atoms with Crippen LogP contribution in [0.1, 0.15) is 38.6 Å². The average Bonchev–Trinajstić information content (AvgIpc) is 2.58. The maximum atomic E-state index is 14.9. The average molecular weight is 386 g/mol. The Bertz CT molecular complexity index is 781. The van der Waals surface area contributed by atoms with Crippen molar-refractivity contribution in [1.82, 2.24) is 19.9 Å². The molecule has 3 rings (SSSR count). The summed E-state index contributed by atoms with van der Waals surface area (Å²) in [6.45, 7) is 4.17. The van der Waals surface area contributed by atoms with Gasteiger partial charge >= 0.3 is 0 Å². The molecule has 0 spiro atoms. The van der Waals surface area contributed by atoms with Crippen LogP contribution in [0.15, 0.2) is 12.4 Å². The van der Waals surface area contributed by atoms with Crippen molar-refractivity contribution in [3.8, 4) is 5.88 Å². The highest BCUT2D eigenvalue weighted by Gasteiger charge is 2.31. The molecule has 0 aliphatic carbocycles. The van der Waals surface area contributed by atoms with Gasteiger partial charge in [-0.05, 0) is 38.3 Å². The van der Waals surface area contributed by atoms with E-state index < -0.39 is 23.3 Å². The predicted molar refractivity (Wildman–Crippen MR) is 90.1 cm³/mol. The number of rotatable bonds is 4. The first-order valence-corrected chi connectivity index (χ1v) is 8.47. The molecule has 2 aromatic rings. The van der Waals surface area contributed by atoms with E-state index in [-0.39, 0.29) is 22.8 Å². The third kappa shape index (κ3) is 4.16. The molecule has 1 unspecified atom stereocenters. The molecule has 0 saturated carbocycles. The zero-order chi connectivity index (χ0) is 18.9. The van der Waals surface area contributed by atoms with Crippen LogP contribution in [0.25, 0.3) is 0 Å². The summed E-state index contributed by atoms with van der Waals surface area (Å²) in [5.74, 6) is -1.48. The van der Waals surface area contributed by atoms with Crippen molar-refractivity contribution in [2.75, 3.05) is 18.0 Å². The van der Waals surface area contributed by atoms with Gasteiger partial charge in [0, 0.05) is 13.1 Å². The fourth-order valence-electron chi connectivity index (χ4n) is 2.63. The van der Waals surface area contributed by atoms with E-state index in [1.165, 1.54) is 0 Å². The number of ether oxygens (including phenoxy) is 1. The van der Waals surface area contributed by atoms with Gasteiger partial charge in [-0.1, -0.05) is 0 Å². The second-order valence-electron chi connectivity index (χ2n) is 6.44. The summed E-state index contributed by atoms with van der Waals surface area (Å²) in [6.07, 6.45) is 2.17. The fraction of sp³-hybridized carbons (Fsp3) is 0.500. The normalized spacial score (nSPS) is 17.8. The molecule has 0 radical (unpaired) electrons. The predicted octanol–water partition coefficient (Wildman–Crippen LogP) is 2.69. The summed E-state index contributed by atoms with van der Waals surface area (Å²) in [6, 6.07) is 0. The van der Waals surface area contributed by atoms with Crippen molar-refractivity contribution >= 4 is 17.4 Å². The summed E-state index contributed by atoms with van der Waals surface area (Å²) in [7, 11) is 0. The number of anilines is 1. The molecular weight excluding hydrogens is 368 g/mol. The lowest BCUT2D eigenvalue weighted by molar-refractivity contribution is 0.0348. The van der Waals surface area contributed by atoms with E-state index in [0.717, 1.165) is 12.4 Å². The van der Waals surface area contributed by atoms with Crippen molar-refractivity contribution in [3.05, 3.63) is 35.1 Å². The van der Waals surface area contributed by atoms with E-state index in [1.54, 1.807) is 18.7 Å². The molecule has 1 aliphatic rings. The monoisotopic (exact) mass is 385 g/mol. The lowest BCUT2D eigenvalue weighted by Gasteiger charge is -2.36. The van der Waals surface area contributed by atoms with Crippen LogP contribution in [0.4, 0.5) is 14.6 Å². The molecule has 1 aliphatic heterocycles. The molecule has 1 atom stereocenters. The standard InChI is InChI=1S/C16H18ClF2N5O2/c1-9(12-20-7-10(18)8-21-12)26-14-11(19)13(22-15(17)23-14)24-5-3-16(2,25)4-6-24/h7-9,25H,3-6H2,1-2H3. The molecule has 1 N–H and O–H groups in total. The zero-order valence-electron chi connectivity index (χ0n) is 14.3. The topological polar surface area (TPSA) is 84.3 Å². The van der Waals surface area contributed by atoms with Gasteiger partial charge in [0.1, 0.15) is 0 Å². The first-order chi connectivity index (χ1) is 12.2. The lowest BCUT2D eigenvalue weighted by Crippen LogP contribution is -2.43. The van der Waals surface area contributed by atoms with Crippen LogP contribution in [0.5, 0.6) is 5.88 Å². The van der Waals surface area contributed by atoms with Crippen LogP contribution in [-0.4, -0.2) is 43.7 Å². The number of hydrogen-bond donors (Lipinski definition) is 1. The van der Waals surface area contributed by atoms with E-state index in [9.17, 15) is 13.9 Å². The van der Waals surface area contributed by atoms with Crippen LogP contribution in [-0.2, 0) is 0 Å². The summed E-state index contributed by atoms with van der Waals surface area (Å²) >= 11 is 5.92. The third-order valence-electron chi connectivity index (χ3n) is 4.21. The highest BCUT2D eigenvalue weighted by Crippen LogP contribution is 2.32. The largest absolute Gasteiger partial charge is 0.464 e. The van der Waals surface area contributed by atoms with Crippen LogP contribution in [0.3, 0.4) is 0 Å². The minimum atomic E-state index is -0.780. The lowest BCUT2D eigenvalue weighted by atomic mass is 9.94. The van der Waals surface area contributed by atoms with Gasteiger partial charge in [-0.2, -0.15) is 14.4 Å². The second-order valence-corrected chi connectivity index (χ2v) is 6.78. The first kappa shape index (κ1) is 18.7. The summed E-state index contributed by atoms with van der Waals surface area (Å²) in [5, 5.41) is 9.87. The summed E-state index contributed by atoms with van der Waals surface area (Å²) in [4.78, 5) is 17.1. The second kappa shape index (κ2) is 7.24. The van der Waals surface area contributed by atoms with Crippen LogP contribution in [0, 0.1) is 11.6 Å². The molecule has 0 aromatic carbocycles. The number of aliphatic hydroxyl groups is 1. The van der Waals surface area contributed by atoms with Crippen molar-refractivity contribution < 1.29 is 18.6 Å². The number of piperidine rings is 1. The van der Waals surface area contributed by atoms with Gasteiger partial charge in [0.2, 0.25) is 11.1 Å². The van der Waals surface area contributed by atoms with E-state index in [0.29, 0.717) is 25.9 Å². The van der Waals surface area contributed by atoms with E-state index in [1.807, 2.05) is 0 Å². The van der Waals surface area contributed by atoms with Gasteiger partial charge in [0.05, 0.1) is 18.0 Å². The molecule has 1 fully saturated rings. The Morgan fingerprint density at radius 1 is 1.23 bits per heavy atom. The van der Waals surface area contributed by atoms with E-state index in [4.69, 9.17) is 16.3 Å². The van der Waals surface area contributed by atoms with E-state index >= 15 is 0 Å². The Labute approximate surface area is 154 Å². The van der Waals surface area contributed by atoms with Crippen molar-refractivity contribution in [1.29, 1.82) is 0 Å². The van der Waals surface area contributed by atoms with Gasteiger partial charge in [-0.15, -0.1) is 0 Å². The Balaban J connectivity index is 1.82. The zero-order valence-corrected chi connectivity index (χ0v) is 15.0. The SMILES string of the molecule is CC(Oc1nc(Cl)nc(N2CCC(C)(O)CC2)c1F)c1ncc(F)cn1. The number of nitrogens with zero attached hydrogens (tertiary/aromatic N) is 5. The van der Waals surface area contributed by atoms with Crippen LogP contribution < -0.4 is 9.64 Å². The maximum absolute atomic E-state index is 14.9. The molecule has 0 amide bonds. The third-order valence-corrected chi connectivity index (χ3v) is 4.38. The minimum Gasteiger partial charge on any atom is -0.464 e. The van der Waals surface area contributed by atoms with Gasteiger partial charge in [0.25, 0.3) is 5.88 Å². The molecule has 2 aromatic heterocycles. The number of hydrogen-bond acceptors (Lipinski definition) is 7. The van der Waals surface area contributed by atoms with Crippen molar-refractivity contribution in [3.63, 3.8) is 0 Å². The maximum Gasteiger partial charge on any atom is 0.257 e. The minimum absolute atomic E-state index is 0.0164. The molecule has 3 heterocycles. The molecular formula is C16H18ClF2N5O2. The quantitative estimate of drug-likeness (QED) is 0.810. The molecule has 26 heavy (non-hydrogen) atoms. The van der Waals surface area contributed by atoms with Crippen LogP contribution in [0.2, 0.25) is 5.28 Å². The molecule has 140 valence electrons. The Morgan fingerprint density at radius 2 is 1.85 bits per heavy atom. The Hall–Kier alpha value is -2.13. The van der Waals surface area contributed by atoms with Crippen molar-refractivity contribution in [2.45, 2.75) is 38.4 Å². The highest BCUT2D eigenvalue weighted by molar-refractivity contribution is 6.28. The smallest absolute Gasteiger partial charge is 0.257 e. The molecule has 10 heteroatoms. The molecule has 0 bridgehead atoms. The Kier molecular flexibility index (Phi) is 5.19. The molecule has 7 nitrogen and oxygen atoms in total. The number of aromatic nitrogens is 4. The molecule has 1 saturated heterocycles. The van der Waals surface area contributed by atoms with Gasteiger partial charge in [-0.25, -0.2) is 14.4 Å². The summed E-state index contributed by atoms with van der Waals surface area (Å²) < 4.78 is 33.3. The van der Waals surface area contributed by atoms with E-state index in [2.05, 4.69) is 19.9 Å². The van der Waals surface area contributed by atoms with Crippen molar-refractivity contribution in [2.24, 2.45) is 0 Å². The van der Waals surface area contributed by atoms with Gasteiger partial charge in [0.15, 0.2) is 23.6 Å². The first-order valence-electron chi connectivity index (χ1n) is 8.09. The Morgan fingerprint density at radius 3 is 2.46 bits per heavy atom.